The van der Waals surface area contributed by atoms with Crippen molar-refractivity contribution in [3.05, 3.63) is 35.8 Å². The predicted molar refractivity (Wildman–Crippen MR) is 110 cm³/mol. The maximum atomic E-state index is 13.1. The Morgan fingerprint density at radius 3 is 2.72 bits per heavy atom. The second-order valence-corrected chi connectivity index (χ2v) is 9.24. The van der Waals surface area contributed by atoms with Crippen LogP contribution in [0, 0.1) is 5.82 Å². The van der Waals surface area contributed by atoms with Gasteiger partial charge in [-0.1, -0.05) is 0 Å². The first-order valence-electron chi connectivity index (χ1n) is 10.3. The van der Waals surface area contributed by atoms with Gasteiger partial charge in [-0.2, -0.15) is 0 Å². The number of nitrogens with zero attached hydrogens (tertiary/aromatic N) is 2. The number of aliphatic hydroxyl groups is 1. The summed E-state index contributed by atoms with van der Waals surface area (Å²) in [7, 11) is 0. The number of piperidine rings is 1. The summed E-state index contributed by atoms with van der Waals surface area (Å²) in [5.74, 6) is 3.41. The first-order chi connectivity index (χ1) is 14.1. The van der Waals surface area contributed by atoms with E-state index >= 15 is 0 Å². The van der Waals surface area contributed by atoms with Crippen molar-refractivity contribution < 1.29 is 19.2 Å². The molecule has 3 heterocycles. The number of aryl methyl sites for hydroxylation is 1. The number of fused-ring (bicyclic) bond motifs is 1. The average molecular weight is 418 g/mol. The molecule has 154 valence electrons. The summed E-state index contributed by atoms with van der Waals surface area (Å²) < 4.78 is 19.1. The molecule has 1 aromatic heterocycles. The van der Waals surface area contributed by atoms with Gasteiger partial charge in [-0.15, -0.1) is 16.7 Å². The first kappa shape index (κ1) is 18.9. The van der Waals surface area contributed by atoms with Gasteiger partial charge in [0.15, 0.2) is 0 Å². The Kier molecular flexibility index (Phi) is 4.99. The van der Waals surface area contributed by atoms with E-state index in [2.05, 4.69) is 15.2 Å². The fraction of sp³-hybridized carbons (Fsp3) is 0.524. The second kappa shape index (κ2) is 7.65. The normalized spacial score (nSPS) is 20.4. The molecule has 3 aliphatic rings. The molecule has 5 rings (SSSR count). The summed E-state index contributed by atoms with van der Waals surface area (Å²) in [5, 5.41) is 13.3. The third kappa shape index (κ3) is 4.00. The number of ether oxygens (including phenoxy) is 1. The monoisotopic (exact) mass is 417 g/mol. The number of H-pyrrole nitrogens is 1. The van der Waals surface area contributed by atoms with Gasteiger partial charge in [-0.3, -0.25) is 4.90 Å². The molecular formula is C21H26FN4O2S+. The smallest absolute Gasteiger partial charge is 0.347 e. The molecule has 2 fully saturated rings. The average Bonchev–Trinajstić information content (AvgIpc) is 3.35. The van der Waals surface area contributed by atoms with Gasteiger partial charge in [0.25, 0.3) is 0 Å². The molecule has 1 saturated heterocycles. The number of aromatic amines is 1. The van der Waals surface area contributed by atoms with Gasteiger partial charge in [0.1, 0.15) is 28.3 Å². The summed E-state index contributed by atoms with van der Waals surface area (Å²) in [5.41, 5.74) is 0.979. The fourth-order valence-electron chi connectivity index (χ4n) is 3.96. The highest BCUT2D eigenvalue weighted by atomic mass is 32.2. The van der Waals surface area contributed by atoms with Crippen LogP contribution in [0.15, 0.2) is 29.2 Å². The maximum absolute atomic E-state index is 13.1. The van der Waals surface area contributed by atoms with Gasteiger partial charge < -0.3 is 15.2 Å². The Morgan fingerprint density at radius 1 is 1.28 bits per heavy atom. The lowest BCUT2D eigenvalue weighted by atomic mass is 10.1. The quantitative estimate of drug-likeness (QED) is 0.753. The van der Waals surface area contributed by atoms with Crippen LogP contribution in [0.4, 0.5) is 16.2 Å². The summed E-state index contributed by atoms with van der Waals surface area (Å²) >= 11 is 1.83. The molecule has 2 aromatic rings. The summed E-state index contributed by atoms with van der Waals surface area (Å²) in [4.78, 5) is 11.9. The predicted octanol–water partition coefficient (Wildman–Crippen LogP) is 2.67. The number of hydrogen-bond donors (Lipinski definition) is 2. The SMILES string of the molecule is OCC1(Nc2[nH+]c(N3CCC(Oc4ccc(F)cc4)CC3)nc3c2SCC3)CC1. The number of hydrogen-bond acceptors (Lipinski definition) is 6. The number of anilines is 2. The van der Waals surface area contributed by atoms with Gasteiger partial charge in [-0.25, -0.2) is 9.37 Å². The topological polar surface area (TPSA) is 71.8 Å². The van der Waals surface area contributed by atoms with Gasteiger partial charge in [0, 0.05) is 25.0 Å². The van der Waals surface area contributed by atoms with E-state index in [-0.39, 0.29) is 24.1 Å². The third-order valence-corrected chi connectivity index (χ3v) is 7.09. The van der Waals surface area contributed by atoms with Crippen LogP contribution in [0.5, 0.6) is 5.75 Å². The standard InChI is InChI=1S/C21H25FN4O2S/c22-14-1-3-15(4-2-14)28-16-5-10-26(11-6-16)20-23-17-7-12-29-18(17)19(24-20)25-21(13-27)8-9-21/h1-4,16,27H,5-13H2,(H,23,24,25)/p+1. The van der Waals surface area contributed by atoms with Crippen molar-refractivity contribution >= 4 is 23.5 Å². The number of rotatable bonds is 6. The van der Waals surface area contributed by atoms with Crippen molar-refractivity contribution in [2.24, 2.45) is 0 Å². The van der Waals surface area contributed by atoms with Crippen LogP contribution < -0.4 is 19.9 Å². The highest BCUT2D eigenvalue weighted by Gasteiger charge is 2.46. The van der Waals surface area contributed by atoms with E-state index in [0.717, 1.165) is 68.4 Å². The van der Waals surface area contributed by atoms with Gasteiger partial charge in [-0.05, 0) is 37.1 Å². The summed E-state index contributed by atoms with van der Waals surface area (Å²) in [6, 6.07) is 6.23. The molecule has 29 heavy (non-hydrogen) atoms. The van der Waals surface area contributed by atoms with Crippen molar-refractivity contribution in [2.45, 2.75) is 48.6 Å². The van der Waals surface area contributed by atoms with E-state index in [1.807, 2.05) is 11.8 Å². The Labute approximate surface area is 173 Å². The minimum Gasteiger partial charge on any atom is -0.490 e. The minimum atomic E-state index is -0.248. The lowest BCUT2D eigenvalue weighted by Crippen LogP contribution is -2.42. The fourth-order valence-corrected chi connectivity index (χ4v) is 5.02. The second-order valence-electron chi connectivity index (χ2n) is 8.13. The Balaban J connectivity index is 1.27. The Morgan fingerprint density at radius 2 is 2.03 bits per heavy atom. The molecule has 6 nitrogen and oxygen atoms in total. The zero-order chi connectivity index (χ0) is 19.8. The van der Waals surface area contributed by atoms with Crippen LogP contribution >= 0.6 is 11.8 Å². The summed E-state index contributed by atoms with van der Waals surface area (Å²) in [6.07, 6.45) is 4.89. The van der Waals surface area contributed by atoms with Crippen molar-refractivity contribution in [3.63, 3.8) is 0 Å². The van der Waals surface area contributed by atoms with Crippen LogP contribution in [0.25, 0.3) is 0 Å². The number of benzene rings is 1. The lowest BCUT2D eigenvalue weighted by molar-refractivity contribution is -0.355. The largest absolute Gasteiger partial charge is 0.490 e. The van der Waals surface area contributed by atoms with E-state index in [1.54, 1.807) is 12.1 Å². The van der Waals surface area contributed by atoms with Crippen LogP contribution in [0.2, 0.25) is 0 Å². The molecule has 0 amide bonds. The number of aromatic nitrogens is 2. The Bertz CT molecular complexity index is 883. The van der Waals surface area contributed by atoms with Gasteiger partial charge in [0.05, 0.1) is 25.2 Å². The van der Waals surface area contributed by atoms with Crippen molar-refractivity contribution in [3.8, 4) is 5.75 Å². The van der Waals surface area contributed by atoms with Crippen molar-refractivity contribution in [1.82, 2.24) is 4.98 Å². The number of aliphatic hydroxyl groups excluding tert-OH is 1. The molecule has 0 spiro atoms. The van der Waals surface area contributed by atoms with Crippen molar-refractivity contribution in [2.75, 3.05) is 35.7 Å². The van der Waals surface area contributed by atoms with Gasteiger partial charge in [0.2, 0.25) is 5.82 Å². The number of nitrogens with one attached hydrogen (secondary N) is 2. The van der Waals surface area contributed by atoms with E-state index in [0.29, 0.717) is 5.75 Å². The molecule has 2 aliphatic heterocycles. The zero-order valence-electron chi connectivity index (χ0n) is 16.3. The molecule has 3 N–H and O–H groups in total. The van der Waals surface area contributed by atoms with Crippen LogP contribution in [0.1, 0.15) is 31.4 Å². The maximum Gasteiger partial charge on any atom is 0.347 e. The minimum absolute atomic E-state index is 0.128. The van der Waals surface area contributed by atoms with E-state index in [4.69, 9.17) is 9.72 Å². The van der Waals surface area contributed by atoms with E-state index in [9.17, 15) is 9.50 Å². The zero-order valence-corrected chi connectivity index (χ0v) is 17.1. The number of halogens is 1. The first-order valence-corrected chi connectivity index (χ1v) is 11.3. The molecular weight excluding hydrogens is 391 g/mol. The van der Waals surface area contributed by atoms with Gasteiger partial charge >= 0.3 is 5.95 Å². The molecule has 8 heteroatoms. The molecule has 0 radical (unpaired) electrons. The van der Waals surface area contributed by atoms with Crippen LogP contribution in [0.3, 0.4) is 0 Å². The third-order valence-electron chi connectivity index (χ3n) is 5.96. The van der Waals surface area contributed by atoms with Crippen LogP contribution in [-0.2, 0) is 6.42 Å². The molecule has 0 atom stereocenters. The molecule has 0 unspecified atom stereocenters. The van der Waals surface area contributed by atoms with E-state index < -0.39 is 0 Å². The number of thioether (sulfide) groups is 1. The highest BCUT2D eigenvalue weighted by Crippen LogP contribution is 2.42. The van der Waals surface area contributed by atoms with E-state index in [1.165, 1.54) is 17.0 Å². The summed E-state index contributed by atoms with van der Waals surface area (Å²) in [6.45, 7) is 1.86. The van der Waals surface area contributed by atoms with Crippen molar-refractivity contribution in [1.29, 1.82) is 0 Å². The highest BCUT2D eigenvalue weighted by molar-refractivity contribution is 7.99. The molecule has 1 aromatic carbocycles. The van der Waals surface area contributed by atoms with Crippen LogP contribution in [-0.4, -0.2) is 47.2 Å². The molecule has 1 saturated carbocycles. The molecule has 0 bridgehead atoms. The lowest BCUT2D eigenvalue weighted by Gasteiger charge is -2.29. The Hall–Kier alpha value is -2.06. The molecule has 1 aliphatic carbocycles.